The Hall–Kier alpha value is -3.15. The van der Waals surface area contributed by atoms with Crippen molar-refractivity contribution in [3.8, 4) is 0 Å². The van der Waals surface area contributed by atoms with E-state index in [4.69, 9.17) is 0 Å². The van der Waals surface area contributed by atoms with Gasteiger partial charge in [0.15, 0.2) is 0 Å². The SMILES string of the molecule is CC(C)(C)c1ccc(C2CCCN2C(=O)CN2C(=O)NC3(CCc4ccccc4C3)C2=O)cc1. The van der Waals surface area contributed by atoms with Gasteiger partial charge in [-0.05, 0) is 53.4 Å². The van der Waals surface area contributed by atoms with Crippen molar-refractivity contribution in [3.05, 3.63) is 70.8 Å². The molecule has 2 saturated heterocycles. The lowest BCUT2D eigenvalue weighted by Gasteiger charge is -2.32. The zero-order valence-corrected chi connectivity index (χ0v) is 20.3. The van der Waals surface area contributed by atoms with Gasteiger partial charge in [0.25, 0.3) is 5.91 Å². The molecule has 34 heavy (non-hydrogen) atoms. The monoisotopic (exact) mass is 459 g/mol. The van der Waals surface area contributed by atoms with Gasteiger partial charge in [-0.15, -0.1) is 0 Å². The first-order chi connectivity index (χ1) is 16.2. The van der Waals surface area contributed by atoms with Crippen molar-refractivity contribution in [2.45, 2.75) is 69.9 Å². The normalized spacial score (nSPS) is 24.5. The summed E-state index contributed by atoms with van der Waals surface area (Å²) in [4.78, 5) is 42.5. The average molecular weight is 460 g/mol. The predicted molar refractivity (Wildman–Crippen MR) is 130 cm³/mol. The van der Waals surface area contributed by atoms with Crippen molar-refractivity contribution in [3.63, 3.8) is 0 Å². The number of fused-ring (bicyclic) bond motifs is 1. The van der Waals surface area contributed by atoms with E-state index in [-0.39, 0.29) is 29.8 Å². The zero-order chi connectivity index (χ0) is 24.1. The summed E-state index contributed by atoms with van der Waals surface area (Å²) in [5.74, 6) is -0.440. The molecular weight excluding hydrogens is 426 g/mol. The summed E-state index contributed by atoms with van der Waals surface area (Å²) in [5, 5.41) is 2.94. The first-order valence-electron chi connectivity index (χ1n) is 12.3. The molecular formula is C28H33N3O3. The largest absolute Gasteiger partial charge is 0.334 e. The van der Waals surface area contributed by atoms with Crippen LogP contribution in [0.25, 0.3) is 0 Å². The molecule has 2 fully saturated rings. The summed E-state index contributed by atoms with van der Waals surface area (Å²) < 4.78 is 0. The van der Waals surface area contributed by atoms with Crippen molar-refractivity contribution in [1.82, 2.24) is 15.1 Å². The van der Waals surface area contributed by atoms with Crippen LogP contribution in [0.1, 0.15) is 68.3 Å². The van der Waals surface area contributed by atoms with E-state index in [1.54, 1.807) is 0 Å². The number of rotatable bonds is 3. The van der Waals surface area contributed by atoms with E-state index >= 15 is 0 Å². The van der Waals surface area contributed by atoms with E-state index < -0.39 is 11.6 Å². The molecule has 0 bridgehead atoms. The zero-order valence-electron chi connectivity index (χ0n) is 20.3. The maximum absolute atomic E-state index is 13.4. The summed E-state index contributed by atoms with van der Waals surface area (Å²) in [6.45, 7) is 6.99. The van der Waals surface area contributed by atoms with Crippen LogP contribution in [0.4, 0.5) is 4.79 Å². The van der Waals surface area contributed by atoms with Crippen molar-refractivity contribution in [1.29, 1.82) is 0 Å². The molecule has 5 rings (SSSR count). The average Bonchev–Trinajstić information content (AvgIpc) is 3.38. The highest BCUT2D eigenvalue weighted by atomic mass is 16.2. The summed E-state index contributed by atoms with van der Waals surface area (Å²) in [5.41, 5.74) is 3.82. The van der Waals surface area contributed by atoms with Crippen molar-refractivity contribution in [2.24, 2.45) is 0 Å². The Bertz CT molecular complexity index is 1130. The maximum Gasteiger partial charge on any atom is 0.325 e. The molecule has 2 aromatic carbocycles. The number of likely N-dealkylation sites (tertiary alicyclic amines) is 1. The molecule has 0 saturated carbocycles. The molecule has 2 atom stereocenters. The number of carbonyl (C=O) groups excluding carboxylic acids is 3. The molecule has 1 spiro atoms. The highest BCUT2D eigenvalue weighted by molar-refractivity contribution is 6.09. The van der Waals surface area contributed by atoms with Crippen LogP contribution in [-0.2, 0) is 27.8 Å². The molecule has 3 aliphatic rings. The van der Waals surface area contributed by atoms with E-state index in [1.807, 2.05) is 23.1 Å². The van der Waals surface area contributed by atoms with E-state index in [0.29, 0.717) is 19.4 Å². The first-order valence-corrected chi connectivity index (χ1v) is 12.3. The number of hydrogen-bond acceptors (Lipinski definition) is 3. The topological polar surface area (TPSA) is 69.7 Å². The van der Waals surface area contributed by atoms with Gasteiger partial charge in [-0.3, -0.25) is 14.5 Å². The van der Waals surface area contributed by atoms with Gasteiger partial charge in [0.2, 0.25) is 5.91 Å². The van der Waals surface area contributed by atoms with Crippen molar-refractivity contribution in [2.75, 3.05) is 13.1 Å². The van der Waals surface area contributed by atoms with Crippen molar-refractivity contribution < 1.29 is 14.4 Å². The van der Waals surface area contributed by atoms with Gasteiger partial charge in [-0.1, -0.05) is 69.3 Å². The predicted octanol–water partition coefficient (Wildman–Crippen LogP) is 4.13. The Morgan fingerprint density at radius 2 is 1.76 bits per heavy atom. The lowest BCUT2D eigenvalue weighted by atomic mass is 9.78. The number of hydrogen-bond donors (Lipinski definition) is 1. The molecule has 6 heteroatoms. The van der Waals surface area contributed by atoms with E-state index in [1.165, 1.54) is 11.1 Å². The summed E-state index contributed by atoms with van der Waals surface area (Å²) in [6, 6.07) is 16.1. The maximum atomic E-state index is 13.4. The molecule has 0 radical (unpaired) electrons. The Balaban J connectivity index is 1.30. The minimum atomic E-state index is -0.932. The summed E-state index contributed by atoms with van der Waals surface area (Å²) in [7, 11) is 0. The van der Waals surface area contributed by atoms with Gasteiger partial charge < -0.3 is 10.2 Å². The van der Waals surface area contributed by atoms with Crippen LogP contribution in [0.15, 0.2) is 48.5 Å². The highest BCUT2D eigenvalue weighted by Gasteiger charge is 2.53. The number of aryl methyl sites for hydroxylation is 1. The number of benzene rings is 2. The summed E-state index contributed by atoms with van der Waals surface area (Å²) >= 11 is 0. The van der Waals surface area contributed by atoms with Crippen LogP contribution >= 0.6 is 0 Å². The Morgan fingerprint density at radius 3 is 2.47 bits per heavy atom. The minimum absolute atomic E-state index is 0.0159. The number of urea groups is 1. The van der Waals surface area contributed by atoms with Crippen LogP contribution in [0, 0.1) is 0 Å². The van der Waals surface area contributed by atoms with E-state index in [0.717, 1.165) is 35.3 Å². The third kappa shape index (κ3) is 3.89. The van der Waals surface area contributed by atoms with Gasteiger partial charge in [-0.2, -0.15) is 0 Å². The van der Waals surface area contributed by atoms with Crippen LogP contribution in [-0.4, -0.2) is 46.3 Å². The van der Waals surface area contributed by atoms with Gasteiger partial charge in [0.05, 0.1) is 6.04 Å². The molecule has 4 amide bonds. The fraction of sp³-hybridized carbons (Fsp3) is 0.464. The lowest BCUT2D eigenvalue weighted by Crippen LogP contribution is -2.51. The molecule has 2 unspecified atom stereocenters. The molecule has 2 aliphatic heterocycles. The van der Waals surface area contributed by atoms with Gasteiger partial charge in [0, 0.05) is 13.0 Å². The Labute approximate surface area is 201 Å². The second-order valence-corrected chi connectivity index (χ2v) is 11.0. The lowest BCUT2D eigenvalue weighted by molar-refractivity contribution is -0.139. The number of nitrogens with one attached hydrogen (secondary N) is 1. The highest BCUT2D eigenvalue weighted by Crippen LogP contribution is 2.36. The van der Waals surface area contributed by atoms with Crippen LogP contribution < -0.4 is 5.32 Å². The smallest absolute Gasteiger partial charge is 0.325 e. The second-order valence-electron chi connectivity index (χ2n) is 11.0. The molecule has 1 N–H and O–H groups in total. The molecule has 6 nitrogen and oxygen atoms in total. The number of imide groups is 1. The third-order valence-corrected chi connectivity index (χ3v) is 7.71. The minimum Gasteiger partial charge on any atom is -0.334 e. The Morgan fingerprint density at radius 1 is 1.06 bits per heavy atom. The fourth-order valence-electron chi connectivity index (χ4n) is 5.69. The second kappa shape index (κ2) is 8.26. The van der Waals surface area contributed by atoms with Gasteiger partial charge >= 0.3 is 6.03 Å². The molecule has 2 aromatic rings. The van der Waals surface area contributed by atoms with Crippen LogP contribution in [0.2, 0.25) is 0 Å². The fourth-order valence-corrected chi connectivity index (χ4v) is 5.69. The first kappa shape index (κ1) is 22.6. The van der Waals surface area contributed by atoms with Crippen LogP contribution in [0.5, 0.6) is 0 Å². The van der Waals surface area contributed by atoms with Crippen LogP contribution in [0.3, 0.4) is 0 Å². The molecule has 178 valence electrons. The Kier molecular flexibility index (Phi) is 5.50. The number of amides is 4. The summed E-state index contributed by atoms with van der Waals surface area (Å²) in [6.07, 6.45) is 3.58. The quantitative estimate of drug-likeness (QED) is 0.702. The third-order valence-electron chi connectivity index (χ3n) is 7.71. The molecule has 0 aromatic heterocycles. The van der Waals surface area contributed by atoms with E-state index in [9.17, 15) is 14.4 Å². The molecule has 1 aliphatic carbocycles. The van der Waals surface area contributed by atoms with Gasteiger partial charge in [-0.25, -0.2) is 4.79 Å². The van der Waals surface area contributed by atoms with Crippen molar-refractivity contribution >= 4 is 17.8 Å². The number of carbonyl (C=O) groups is 3. The standard InChI is InChI=1S/C28H33N3O3/c1-27(2,3)22-12-10-20(11-13-22)23-9-6-16-30(23)24(32)18-31-25(33)28(29-26(31)34)15-14-19-7-4-5-8-21(19)17-28/h4-5,7-8,10-13,23H,6,9,14-18H2,1-3H3,(H,29,34). The number of nitrogens with zero attached hydrogens (tertiary/aromatic N) is 2. The molecule has 2 heterocycles. The van der Waals surface area contributed by atoms with E-state index in [2.05, 4.69) is 56.4 Å². The van der Waals surface area contributed by atoms with Gasteiger partial charge in [0.1, 0.15) is 12.1 Å².